The molecule has 0 aromatic heterocycles. The highest BCUT2D eigenvalue weighted by atomic mass is 16.3. The summed E-state index contributed by atoms with van der Waals surface area (Å²) in [6.07, 6.45) is 0.878. The van der Waals surface area contributed by atoms with E-state index in [-0.39, 0.29) is 11.8 Å². The highest BCUT2D eigenvalue weighted by Crippen LogP contribution is 2.10. The smallest absolute Gasteiger partial charge is 0.239 e. The van der Waals surface area contributed by atoms with Crippen LogP contribution in [-0.2, 0) is 4.79 Å². The van der Waals surface area contributed by atoms with Crippen molar-refractivity contribution >= 4 is 5.91 Å². The number of nitrogens with zero attached hydrogens (tertiary/aromatic N) is 1. The predicted molar refractivity (Wildman–Crippen MR) is 61.4 cm³/mol. The molecule has 0 aromatic rings. The van der Waals surface area contributed by atoms with Crippen LogP contribution in [0.25, 0.3) is 0 Å². The molecule has 4 nitrogen and oxygen atoms in total. The molecule has 90 valence electrons. The fraction of sp³-hybridized carbons (Fsp3) is 0.909. The first kappa shape index (κ1) is 14.4. The lowest BCUT2D eigenvalue weighted by atomic mass is 9.98. The SMILES string of the molecule is CCC(C)[C@H](N)C(=O)N(C)CC(C)(C)O. The van der Waals surface area contributed by atoms with Crippen LogP contribution in [0.3, 0.4) is 0 Å². The highest BCUT2D eigenvalue weighted by Gasteiger charge is 2.26. The lowest BCUT2D eigenvalue weighted by Crippen LogP contribution is -2.49. The monoisotopic (exact) mass is 216 g/mol. The Morgan fingerprint density at radius 3 is 2.33 bits per heavy atom. The van der Waals surface area contributed by atoms with Gasteiger partial charge in [-0.15, -0.1) is 0 Å². The Balaban J connectivity index is 4.32. The molecule has 0 fully saturated rings. The van der Waals surface area contributed by atoms with Crippen molar-refractivity contribution in [3.05, 3.63) is 0 Å². The highest BCUT2D eigenvalue weighted by molar-refractivity contribution is 5.81. The average Bonchev–Trinajstić information content (AvgIpc) is 2.11. The lowest BCUT2D eigenvalue weighted by molar-refractivity contribution is -0.135. The molecule has 0 aromatic carbocycles. The molecular formula is C11H24N2O2. The average molecular weight is 216 g/mol. The van der Waals surface area contributed by atoms with Crippen LogP contribution < -0.4 is 5.73 Å². The summed E-state index contributed by atoms with van der Waals surface area (Å²) in [5.74, 6) is 0.0632. The number of hydrogen-bond acceptors (Lipinski definition) is 3. The molecular weight excluding hydrogens is 192 g/mol. The van der Waals surface area contributed by atoms with Crippen molar-refractivity contribution in [1.82, 2.24) is 4.90 Å². The minimum atomic E-state index is -0.875. The maximum Gasteiger partial charge on any atom is 0.239 e. The zero-order valence-electron chi connectivity index (χ0n) is 10.4. The normalized spacial score (nSPS) is 15.9. The summed E-state index contributed by atoms with van der Waals surface area (Å²) in [6.45, 7) is 7.61. The Hall–Kier alpha value is -0.610. The van der Waals surface area contributed by atoms with Crippen molar-refractivity contribution in [3.8, 4) is 0 Å². The fourth-order valence-corrected chi connectivity index (χ4v) is 1.41. The van der Waals surface area contributed by atoms with Gasteiger partial charge in [-0.1, -0.05) is 20.3 Å². The van der Waals surface area contributed by atoms with E-state index in [0.29, 0.717) is 6.54 Å². The van der Waals surface area contributed by atoms with Gasteiger partial charge in [-0.05, 0) is 19.8 Å². The quantitative estimate of drug-likeness (QED) is 0.707. The minimum Gasteiger partial charge on any atom is -0.389 e. The van der Waals surface area contributed by atoms with Gasteiger partial charge in [-0.25, -0.2) is 0 Å². The van der Waals surface area contributed by atoms with Gasteiger partial charge in [0.05, 0.1) is 11.6 Å². The Kier molecular flexibility index (Phi) is 5.24. The standard InChI is InChI=1S/C11H24N2O2/c1-6-8(2)9(12)10(14)13(5)7-11(3,4)15/h8-9,15H,6-7,12H2,1-5H3/t8?,9-/m0/s1. The number of rotatable bonds is 5. The van der Waals surface area contributed by atoms with Crippen LogP contribution >= 0.6 is 0 Å². The topological polar surface area (TPSA) is 66.6 Å². The van der Waals surface area contributed by atoms with Crippen LogP contribution in [0.2, 0.25) is 0 Å². The second-order valence-electron chi connectivity index (χ2n) is 4.92. The summed E-state index contributed by atoms with van der Waals surface area (Å²) in [7, 11) is 1.67. The summed E-state index contributed by atoms with van der Waals surface area (Å²) in [4.78, 5) is 13.3. The van der Waals surface area contributed by atoms with Gasteiger partial charge < -0.3 is 15.7 Å². The molecule has 3 N–H and O–H groups in total. The Labute approximate surface area is 92.4 Å². The van der Waals surface area contributed by atoms with Gasteiger partial charge in [-0.2, -0.15) is 0 Å². The molecule has 0 rings (SSSR count). The molecule has 0 aliphatic heterocycles. The lowest BCUT2D eigenvalue weighted by Gasteiger charge is -2.29. The van der Waals surface area contributed by atoms with E-state index in [1.165, 1.54) is 4.90 Å². The molecule has 1 amide bonds. The molecule has 0 aliphatic rings. The third kappa shape index (κ3) is 5.14. The Bertz CT molecular complexity index is 211. The largest absolute Gasteiger partial charge is 0.389 e. The van der Waals surface area contributed by atoms with Crippen molar-refractivity contribution < 1.29 is 9.90 Å². The first-order valence-corrected chi connectivity index (χ1v) is 5.42. The van der Waals surface area contributed by atoms with Gasteiger partial charge in [0, 0.05) is 13.6 Å². The van der Waals surface area contributed by atoms with Crippen molar-refractivity contribution in [1.29, 1.82) is 0 Å². The van der Waals surface area contributed by atoms with Crippen LogP contribution in [0.1, 0.15) is 34.1 Å². The van der Waals surface area contributed by atoms with Gasteiger partial charge >= 0.3 is 0 Å². The summed E-state index contributed by atoms with van der Waals surface area (Å²) in [6, 6.07) is -0.470. The van der Waals surface area contributed by atoms with Gasteiger partial charge in [-0.3, -0.25) is 4.79 Å². The van der Waals surface area contributed by atoms with Crippen LogP contribution in [0, 0.1) is 5.92 Å². The zero-order chi connectivity index (χ0) is 12.2. The zero-order valence-corrected chi connectivity index (χ0v) is 10.4. The molecule has 0 saturated heterocycles. The number of hydrogen-bond donors (Lipinski definition) is 2. The minimum absolute atomic E-state index is 0.105. The summed E-state index contributed by atoms with van der Waals surface area (Å²) < 4.78 is 0. The van der Waals surface area contributed by atoms with E-state index in [2.05, 4.69) is 0 Å². The predicted octanol–water partition coefficient (Wildman–Crippen LogP) is 0.589. The number of aliphatic hydroxyl groups is 1. The van der Waals surface area contributed by atoms with Crippen LogP contribution in [0.4, 0.5) is 0 Å². The second kappa shape index (κ2) is 5.47. The molecule has 0 heterocycles. The Morgan fingerprint density at radius 2 is 2.00 bits per heavy atom. The first-order chi connectivity index (χ1) is 6.69. The van der Waals surface area contributed by atoms with Crippen molar-refractivity contribution in [2.24, 2.45) is 11.7 Å². The number of nitrogens with two attached hydrogens (primary N) is 1. The molecule has 0 aliphatic carbocycles. The summed E-state index contributed by atoms with van der Waals surface area (Å²) in [5, 5.41) is 9.58. The van der Waals surface area contributed by atoms with E-state index in [4.69, 9.17) is 5.73 Å². The van der Waals surface area contributed by atoms with Crippen LogP contribution in [0.5, 0.6) is 0 Å². The van der Waals surface area contributed by atoms with E-state index >= 15 is 0 Å². The third-order valence-corrected chi connectivity index (χ3v) is 2.54. The Morgan fingerprint density at radius 1 is 1.53 bits per heavy atom. The molecule has 0 bridgehead atoms. The molecule has 2 atom stereocenters. The van der Waals surface area contributed by atoms with Crippen LogP contribution in [-0.4, -0.2) is 41.1 Å². The van der Waals surface area contributed by atoms with Crippen molar-refractivity contribution in [2.75, 3.05) is 13.6 Å². The maximum atomic E-state index is 11.8. The van der Waals surface area contributed by atoms with Gasteiger partial charge in [0.1, 0.15) is 0 Å². The summed E-state index contributed by atoms with van der Waals surface area (Å²) >= 11 is 0. The van der Waals surface area contributed by atoms with Gasteiger partial charge in [0.15, 0.2) is 0 Å². The van der Waals surface area contributed by atoms with E-state index in [0.717, 1.165) is 6.42 Å². The van der Waals surface area contributed by atoms with E-state index in [1.54, 1.807) is 20.9 Å². The molecule has 0 radical (unpaired) electrons. The van der Waals surface area contributed by atoms with Crippen molar-refractivity contribution in [2.45, 2.75) is 45.8 Å². The third-order valence-electron chi connectivity index (χ3n) is 2.54. The number of amides is 1. The first-order valence-electron chi connectivity index (χ1n) is 5.42. The summed E-state index contributed by atoms with van der Waals surface area (Å²) in [5.41, 5.74) is 4.94. The number of likely N-dealkylation sites (N-methyl/N-ethyl adjacent to an activating group) is 1. The fourth-order valence-electron chi connectivity index (χ4n) is 1.41. The van der Waals surface area contributed by atoms with E-state index < -0.39 is 11.6 Å². The molecule has 15 heavy (non-hydrogen) atoms. The molecule has 4 heteroatoms. The van der Waals surface area contributed by atoms with Crippen molar-refractivity contribution in [3.63, 3.8) is 0 Å². The number of carbonyl (C=O) groups excluding carboxylic acids is 1. The van der Waals surface area contributed by atoms with E-state index in [9.17, 15) is 9.90 Å². The number of carbonyl (C=O) groups is 1. The molecule has 1 unspecified atom stereocenters. The van der Waals surface area contributed by atoms with E-state index in [1.807, 2.05) is 13.8 Å². The molecule has 0 saturated carbocycles. The maximum absolute atomic E-state index is 11.8. The van der Waals surface area contributed by atoms with Gasteiger partial charge in [0.25, 0.3) is 0 Å². The second-order valence-corrected chi connectivity index (χ2v) is 4.92. The van der Waals surface area contributed by atoms with Crippen LogP contribution in [0.15, 0.2) is 0 Å². The molecule has 0 spiro atoms. The van der Waals surface area contributed by atoms with Gasteiger partial charge in [0.2, 0.25) is 5.91 Å².